The normalized spacial score (nSPS) is 19.8. The number of aliphatic hydroxyl groups is 1. The molecule has 9 nitrogen and oxygen atoms in total. The maximum Gasteiger partial charge on any atom is 0.315 e. The molecule has 2 aliphatic heterocycles. The Hall–Kier alpha value is -5.19. The van der Waals surface area contributed by atoms with Gasteiger partial charge in [0.2, 0.25) is 0 Å². The SMILES string of the molecule is COc1cc2c(cc1OC)CN(CC1OC(c3ccc(-c4ccccc4CNC(=O)NCc4ccccc4)cc3)OC(c3ccc(CO)cc3)C1C)CC2. The number of benzene rings is 5. The largest absolute Gasteiger partial charge is 0.493 e. The van der Waals surface area contributed by atoms with Crippen LogP contribution in [-0.2, 0) is 42.1 Å². The van der Waals surface area contributed by atoms with Gasteiger partial charge >= 0.3 is 6.03 Å². The minimum absolute atomic E-state index is 0.00416. The number of urea groups is 1. The molecule has 2 heterocycles. The quantitative estimate of drug-likeness (QED) is 0.121. The molecule has 5 aromatic carbocycles. The van der Waals surface area contributed by atoms with Crippen molar-refractivity contribution in [1.82, 2.24) is 15.5 Å². The van der Waals surface area contributed by atoms with Gasteiger partial charge in [-0.05, 0) is 63.1 Å². The number of rotatable bonds is 12. The van der Waals surface area contributed by atoms with Crippen molar-refractivity contribution in [3.63, 3.8) is 0 Å². The first-order valence-corrected chi connectivity index (χ1v) is 18.6. The summed E-state index contributed by atoms with van der Waals surface area (Å²) in [5.41, 5.74) is 9.54. The third-order valence-corrected chi connectivity index (χ3v) is 10.6. The number of hydrogen-bond acceptors (Lipinski definition) is 7. The van der Waals surface area contributed by atoms with Crippen molar-refractivity contribution < 1.29 is 28.8 Å². The molecule has 9 heteroatoms. The van der Waals surface area contributed by atoms with Gasteiger partial charge in [0.25, 0.3) is 0 Å². The lowest BCUT2D eigenvalue weighted by molar-refractivity contribution is -0.276. The van der Waals surface area contributed by atoms with Crippen LogP contribution in [0.25, 0.3) is 11.1 Å². The van der Waals surface area contributed by atoms with Crippen molar-refractivity contribution in [3.8, 4) is 22.6 Å². The fraction of sp³-hybridized carbons (Fsp3) is 0.311. The van der Waals surface area contributed by atoms with Gasteiger partial charge in [0.1, 0.15) is 0 Å². The highest BCUT2D eigenvalue weighted by Crippen LogP contribution is 2.43. The zero-order valence-electron chi connectivity index (χ0n) is 31.2. The molecule has 4 unspecified atom stereocenters. The number of nitrogens with zero attached hydrogens (tertiary/aromatic N) is 1. The zero-order chi connectivity index (χ0) is 37.4. The highest BCUT2D eigenvalue weighted by Gasteiger charge is 2.39. The predicted molar refractivity (Wildman–Crippen MR) is 209 cm³/mol. The molecule has 7 rings (SSSR count). The second-order valence-electron chi connectivity index (χ2n) is 14.1. The fourth-order valence-corrected chi connectivity index (χ4v) is 7.47. The van der Waals surface area contributed by atoms with Gasteiger partial charge in [-0.3, -0.25) is 4.90 Å². The highest BCUT2D eigenvalue weighted by atomic mass is 16.7. The first-order valence-electron chi connectivity index (χ1n) is 18.6. The number of fused-ring (bicyclic) bond motifs is 1. The van der Waals surface area contributed by atoms with E-state index in [1.165, 1.54) is 11.1 Å². The maximum absolute atomic E-state index is 12.6. The number of nitrogens with one attached hydrogen (secondary N) is 2. The average Bonchev–Trinajstić information content (AvgIpc) is 3.23. The second-order valence-corrected chi connectivity index (χ2v) is 14.1. The van der Waals surface area contributed by atoms with Crippen LogP contribution < -0.4 is 20.1 Å². The van der Waals surface area contributed by atoms with Crippen LogP contribution in [-0.4, -0.2) is 49.5 Å². The summed E-state index contributed by atoms with van der Waals surface area (Å²) in [6.07, 6.45) is 0.0314. The molecule has 0 spiro atoms. The minimum Gasteiger partial charge on any atom is -0.493 e. The van der Waals surface area contributed by atoms with E-state index in [2.05, 4.69) is 77.1 Å². The number of ether oxygens (including phenoxy) is 4. The lowest BCUT2D eigenvalue weighted by Gasteiger charge is -2.43. The van der Waals surface area contributed by atoms with Crippen LogP contribution in [0.3, 0.4) is 0 Å². The molecule has 2 amide bonds. The molecule has 5 aromatic rings. The Balaban J connectivity index is 1.07. The van der Waals surface area contributed by atoms with Gasteiger partial charge in [0, 0.05) is 44.2 Å². The molecule has 1 fully saturated rings. The van der Waals surface area contributed by atoms with Gasteiger partial charge in [0.05, 0.1) is 33.0 Å². The summed E-state index contributed by atoms with van der Waals surface area (Å²) in [5, 5.41) is 15.6. The summed E-state index contributed by atoms with van der Waals surface area (Å²) in [4.78, 5) is 15.1. The number of aliphatic hydroxyl groups excluding tert-OH is 1. The van der Waals surface area contributed by atoms with E-state index in [0.717, 1.165) is 76.5 Å². The van der Waals surface area contributed by atoms with Crippen molar-refractivity contribution in [2.45, 2.75) is 58.1 Å². The number of carbonyl (C=O) groups excluding carboxylic acids is 1. The Morgan fingerprint density at radius 1 is 0.778 bits per heavy atom. The lowest BCUT2D eigenvalue weighted by atomic mass is 9.89. The van der Waals surface area contributed by atoms with Crippen LogP contribution in [0.4, 0.5) is 4.79 Å². The van der Waals surface area contributed by atoms with Crippen molar-refractivity contribution in [2.75, 3.05) is 27.3 Å². The molecule has 0 aliphatic carbocycles. The molecule has 4 atom stereocenters. The number of hydrogen-bond donors (Lipinski definition) is 3. The first-order chi connectivity index (χ1) is 26.4. The smallest absolute Gasteiger partial charge is 0.315 e. The van der Waals surface area contributed by atoms with E-state index in [9.17, 15) is 9.90 Å². The molecule has 0 bridgehead atoms. The van der Waals surface area contributed by atoms with Gasteiger partial charge in [0.15, 0.2) is 17.8 Å². The van der Waals surface area contributed by atoms with E-state index < -0.39 is 6.29 Å². The van der Waals surface area contributed by atoms with E-state index in [-0.39, 0.29) is 30.8 Å². The molecular formula is C45H49N3O6. The monoisotopic (exact) mass is 727 g/mol. The molecule has 3 N–H and O–H groups in total. The van der Waals surface area contributed by atoms with Gasteiger partial charge < -0.3 is 34.7 Å². The summed E-state index contributed by atoms with van der Waals surface area (Å²) >= 11 is 0. The lowest BCUT2D eigenvalue weighted by Crippen LogP contribution is -2.45. The summed E-state index contributed by atoms with van der Waals surface area (Å²) in [5.74, 6) is 1.57. The van der Waals surface area contributed by atoms with Crippen LogP contribution in [0.2, 0.25) is 0 Å². The van der Waals surface area contributed by atoms with Crippen molar-refractivity contribution in [2.24, 2.45) is 5.92 Å². The predicted octanol–water partition coefficient (Wildman–Crippen LogP) is 7.71. The zero-order valence-corrected chi connectivity index (χ0v) is 31.2. The Bertz CT molecular complexity index is 2000. The van der Waals surface area contributed by atoms with Crippen LogP contribution in [0.1, 0.15) is 58.3 Å². The van der Waals surface area contributed by atoms with Crippen molar-refractivity contribution >= 4 is 6.03 Å². The van der Waals surface area contributed by atoms with E-state index in [4.69, 9.17) is 18.9 Å². The fourth-order valence-electron chi connectivity index (χ4n) is 7.47. The topological polar surface area (TPSA) is 102 Å². The highest BCUT2D eigenvalue weighted by molar-refractivity contribution is 5.75. The number of amides is 2. The van der Waals surface area contributed by atoms with E-state index in [1.54, 1.807) is 14.2 Å². The van der Waals surface area contributed by atoms with Crippen LogP contribution in [0.5, 0.6) is 11.5 Å². The third kappa shape index (κ3) is 8.61. The average molecular weight is 728 g/mol. The summed E-state index contributed by atoms with van der Waals surface area (Å²) in [6, 6.07) is 38.3. The second kappa shape index (κ2) is 17.3. The van der Waals surface area contributed by atoms with Crippen molar-refractivity contribution in [1.29, 1.82) is 0 Å². The van der Waals surface area contributed by atoms with E-state index >= 15 is 0 Å². The first kappa shape index (κ1) is 37.1. The molecule has 0 radical (unpaired) electrons. The van der Waals surface area contributed by atoms with Crippen molar-refractivity contribution in [3.05, 3.63) is 154 Å². The van der Waals surface area contributed by atoms with Gasteiger partial charge in [-0.15, -0.1) is 0 Å². The molecule has 2 aliphatic rings. The molecular weight excluding hydrogens is 679 g/mol. The standard InChI is InChI=1S/C45H49N3O6/c1-30-42(28-48-22-21-36-23-40(51-2)41(52-3)24-38(36)27-48)53-44(54-43(30)34-15-13-32(29-49)14-16-34)35-19-17-33(18-20-35)39-12-8-7-11-37(39)26-47-45(50)46-25-31-9-5-4-6-10-31/h4-20,23-24,30,42-44,49H,21-22,25-29H2,1-3H3,(H2,46,47,50). The molecule has 54 heavy (non-hydrogen) atoms. The molecule has 280 valence electrons. The van der Waals surface area contributed by atoms with Crippen LogP contribution >= 0.6 is 0 Å². The summed E-state index contributed by atoms with van der Waals surface area (Å²) in [7, 11) is 3.35. The Labute approximate surface area is 317 Å². The van der Waals surface area contributed by atoms with Crippen LogP contribution in [0.15, 0.2) is 115 Å². The van der Waals surface area contributed by atoms with Gasteiger partial charge in [-0.1, -0.05) is 110 Å². The Morgan fingerprint density at radius 2 is 1.44 bits per heavy atom. The Kier molecular flexibility index (Phi) is 11.9. The molecule has 0 saturated carbocycles. The number of carbonyl (C=O) groups is 1. The van der Waals surface area contributed by atoms with Crippen LogP contribution in [0, 0.1) is 5.92 Å². The molecule has 0 aromatic heterocycles. The maximum atomic E-state index is 12.6. The summed E-state index contributed by atoms with van der Waals surface area (Å²) < 4.78 is 24.8. The van der Waals surface area contributed by atoms with E-state index in [0.29, 0.717) is 13.1 Å². The van der Waals surface area contributed by atoms with Gasteiger partial charge in [-0.2, -0.15) is 0 Å². The summed E-state index contributed by atoms with van der Waals surface area (Å²) in [6.45, 7) is 5.51. The minimum atomic E-state index is -0.575. The van der Waals surface area contributed by atoms with Gasteiger partial charge in [-0.25, -0.2) is 4.79 Å². The molecule has 1 saturated heterocycles. The number of methoxy groups -OCH3 is 2. The third-order valence-electron chi connectivity index (χ3n) is 10.6. The Morgan fingerprint density at radius 3 is 2.17 bits per heavy atom. The van der Waals surface area contributed by atoms with E-state index in [1.807, 2.05) is 60.7 Å².